The van der Waals surface area contributed by atoms with Crippen LogP contribution in [0.5, 0.6) is 0 Å². The van der Waals surface area contributed by atoms with Crippen molar-refractivity contribution in [3.05, 3.63) is 29.8 Å². The van der Waals surface area contributed by atoms with Gasteiger partial charge in [0.2, 0.25) is 5.91 Å². The number of rotatable bonds is 6. The molecular formula is C13H18F3N3O. The van der Waals surface area contributed by atoms with Gasteiger partial charge in [-0.3, -0.25) is 4.79 Å². The van der Waals surface area contributed by atoms with Gasteiger partial charge in [-0.1, -0.05) is 6.07 Å². The molecule has 0 unspecified atom stereocenters. The highest BCUT2D eigenvalue weighted by Crippen LogP contribution is 2.30. The molecule has 1 aromatic rings. The molecule has 0 aliphatic carbocycles. The Balaban J connectivity index is 2.44. The summed E-state index contributed by atoms with van der Waals surface area (Å²) >= 11 is 0. The highest BCUT2D eigenvalue weighted by molar-refractivity contribution is 5.80. The van der Waals surface area contributed by atoms with Gasteiger partial charge in [0, 0.05) is 18.8 Å². The molecule has 1 rings (SSSR count). The van der Waals surface area contributed by atoms with Gasteiger partial charge in [-0.05, 0) is 32.3 Å². The van der Waals surface area contributed by atoms with Crippen molar-refractivity contribution >= 4 is 11.6 Å². The minimum Gasteiger partial charge on any atom is -0.376 e. The van der Waals surface area contributed by atoms with E-state index in [1.807, 2.05) is 19.0 Å². The Bertz CT molecular complexity index is 447. The molecular weight excluding hydrogens is 271 g/mol. The van der Waals surface area contributed by atoms with Gasteiger partial charge < -0.3 is 15.5 Å². The summed E-state index contributed by atoms with van der Waals surface area (Å²) in [4.78, 5) is 13.4. The Morgan fingerprint density at radius 1 is 1.30 bits per heavy atom. The molecule has 0 atom stereocenters. The predicted octanol–water partition coefficient (Wildman–Crippen LogP) is 1.80. The number of hydrogen-bond donors (Lipinski definition) is 2. The van der Waals surface area contributed by atoms with E-state index < -0.39 is 11.7 Å². The van der Waals surface area contributed by atoms with E-state index in [4.69, 9.17) is 0 Å². The van der Waals surface area contributed by atoms with Gasteiger partial charge in [-0.2, -0.15) is 13.2 Å². The van der Waals surface area contributed by atoms with Crippen LogP contribution in [0.25, 0.3) is 0 Å². The maximum atomic E-state index is 12.5. The molecule has 0 spiro atoms. The van der Waals surface area contributed by atoms with Gasteiger partial charge >= 0.3 is 6.18 Å². The molecule has 20 heavy (non-hydrogen) atoms. The summed E-state index contributed by atoms with van der Waals surface area (Å²) < 4.78 is 37.5. The first kappa shape index (κ1) is 16.3. The highest BCUT2D eigenvalue weighted by Gasteiger charge is 2.30. The Morgan fingerprint density at radius 3 is 2.60 bits per heavy atom. The monoisotopic (exact) mass is 289 g/mol. The molecule has 7 heteroatoms. The van der Waals surface area contributed by atoms with E-state index in [-0.39, 0.29) is 18.1 Å². The smallest absolute Gasteiger partial charge is 0.376 e. The molecule has 112 valence electrons. The predicted molar refractivity (Wildman–Crippen MR) is 71.5 cm³/mol. The van der Waals surface area contributed by atoms with Crippen LogP contribution in [0, 0.1) is 0 Å². The Kier molecular flexibility index (Phi) is 5.82. The molecule has 1 aromatic carbocycles. The summed E-state index contributed by atoms with van der Waals surface area (Å²) in [7, 11) is 3.76. The molecule has 0 aromatic heterocycles. The molecule has 0 saturated heterocycles. The number of amides is 1. The van der Waals surface area contributed by atoms with Crippen LogP contribution in [0.1, 0.15) is 5.56 Å². The van der Waals surface area contributed by atoms with Crippen LogP contribution in [0.4, 0.5) is 18.9 Å². The molecule has 4 nitrogen and oxygen atoms in total. The maximum Gasteiger partial charge on any atom is 0.416 e. The van der Waals surface area contributed by atoms with Crippen LogP contribution < -0.4 is 10.6 Å². The zero-order valence-corrected chi connectivity index (χ0v) is 11.4. The first-order valence-corrected chi connectivity index (χ1v) is 6.11. The van der Waals surface area contributed by atoms with E-state index in [0.717, 1.165) is 12.1 Å². The van der Waals surface area contributed by atoms with Gasteiger partial charge in [-0.15, -0.1) is 0 Å². The third kappa shape index (κ3) is 5.92. The summed E-state index contributed by atoms with van der Waals surface area (Å²) in [6.45, 7) is 1.14. The van der Waals surface area contributed by atoms with E-state index >= 15 is 0 Å². The minimum atomic E-state index is -4.38. The zero-order valence-electron chi connectivity index (χ0n) is 11.4. The topological polar surface area (TPSA) is 44.4 Å². The number of nitrogens with one attached hydrogen (secondary N) is 2. The van der Waals surface area contributed by atoms with Crippen molar-refractivity contribution in [3.8, 4) is 0 Å². The average molecular weight is 289 g/mol. The fourth-order valence-electron chi connectivity index (χ4n) is 1.47. The van der Waals surface area contributed by atoms with Crippen molar-refractivity contribution in [1.82, 2.24) is 10.2 Å². The van der Waals surface area contributed by atoms with Crippen molar-refractivity contribution in [1.29, 1.82) is 0 Å². The van der Waals surface area contributed by atoms with Crippen LogP contribution in [0.2, 0.25) is 0 Å². The number of nitrogens with zero attached hydrogens (tertiary/aromatic N) is 1. The largest absolute Gasteiger partial charge is 0.416 e. The third-order valence-corrected chi connectivity index (χ3v) is 2.52. The molecule has 0 aliphatic heterocycles. The second kappa shape index (κ2) is 7.14. The van der Waals surface area contributed by atoms with Crippen molar-refractivity contribution in [3.63, 3.8) is 0 Å². The van der Waals surface area contributed by atoms with Crippen LogP contribution in [-0.4, -0.2) is 44.5 Å². The van der Waals surface area contributed by atoms with E-state index in [9.17, 15) is 18.0 Å². The third-order valence-electron chi connectivity index (χ3n) is 2.52. The van der Waals surface area contributed by atoms with Gasteiger partial charge in [-0.25, -0.2) is 0 Å². The van der Waals surface area contributed by atoms with Crippen molar-refractivity contribution in [2.75, 3.05) is 39.0 Å². The van der Waals surface area contributed by atoms with E-state index in [1.165, 1.54) is 12.1 Å². The van der Waals surface area contributed by atoms with E-state index in [1.54, 1.807) is 0 Å². The number of halogens is 3. The maximum absolute atomic E-state index is 12.5. The normalized spacial score (nSPS) is 11.5. The van der Waals surface area contributed by atoms with E-state index in [0.29, 0.717) is 13.1 Å². The SMILES string of the molecule is CN(C)CCNC(=O)CNc1cccc(C(F)(F)F)c1. The summed E-state index contributed by atoms with van der Waals surface area (Å²) in [5, 5.41) is 5.33. The quantitative estimate of drug-likeness (QED) is 0.839. The highest BCUT2D eigenvalue weighted by atomic mass is 19.4. The molecule has 0 bridgehead atoms. The van der Waals surface area contributed by atoms with E-state index in [2.05, 4.69) is 10.6 Å². The lowest BCUT2D eigenvalue weighted by atomic mass is 10.2. The first-order chi connectivity index (χ1) is 9.29. The molecule has 0 fully saturated rings. The van der Waals surface area contributed by atoms with Crippen molar-refractivity contribution in [2.24, 2.45) is 0 Å². The lowest BCUT2D eigenvalue weighted by Crippen LogP contribution is -2.35. The van der Waals surface area contributed by atoms with Crippen LogP contribution >= 0.6 is 0 Å². The van der Waals surface area contributed by atoms with Crippen molar-refractivity contribution < 1.29 is 18.0 Å². The second-order valence-electron chi connectivity index (χ2n) is 4.59. The van der Waals surface area contributed by atoms with Gasteiger partial charge in [0.25, 0.3) is 0 Å². The summed E-state index contributed by atoms with van der Waals surface area (Å²) in [5.74, 6) is -0.260. The second-order valence-corrected chi connectivity index (χ2v) is 4.59. The standard InChI is InChI=1S/C13H18F3N3O/c1-19(2)7-6-17-12(20)9-18-11-5-3-4-10(8-11)13(14,15)16/h3-5,8,18H,6-7,9H2,1-2H3,(H,17,20). The van der Waals surface area contributed by atoms with Gasteiger partial charge in [0.15, 0.2) is 0 Å². The number of hydrogen-bond acceptors (Lipinski definition) is 3. The van der Waals surface area contributed by atoms with Gasteiger partial charge in [0.05, 0.1) is 12.1 Å². The Hall–Kier alpha value is -1.76. The molecule has 0 aliphatic rings. The summed E-state index contributed by atoms with van der Waals surface area (Å²) in [5.41, 5.74) is -0.474. The molecule has 0 heterocycles. The van der Waals surface area contributed by atoms with Crippen LogP contribution in [-0.2, 0) is 11.0 Å². The zero-order chi connectivity index (χ0) is 15.2. The number of anilines is 1. The number of likely N-dealkylation sites (N-methyl/N-ethyl adjacent to an activating group) is 1. The summed E-state index contributed by atoms with van der Waals surface area (Å²) in [6.07, 6.45) is -4.38. The van der Waals surface area contributed by atoms with Crippen molar-refractivity contribution in [2.45, 2.75) is 6.18 Å². The number of benzene rings is 1. The lowest BCUT2D eigenvalue weighted by Gasteiger charge is -2.12. The molecule has 0 radical (unpaired) electrons. The summed E-state index contributed by atoms with van der Waals surface area (Å²) in [6, 6.07) is 4.76. The molecule has 2 N–H and O–H groups in total. The average Bonchev–Trinajstić information content (AvgIpc) is 2.35. The number of alkyl halides is 3. The first-order valence-electron chi connectivity index (χ1n) is 6.11. The van der Waals surface area contributed by atoms with Crippen LogP contribution in [0.3, 0.4) is 0 Å². The number of carbonyl (C=O) groups is 1. The van der Waals surface area contributed by atoms with Crippen LogP contribution in [0.15, 0.2) is 24.3 Å². The fourth-order valence-corrected chi connectivity index (χ4v) is 1.47. The molecule has 1 amide bonds. The molecule has 0 saturated carbocycles. The number of carbonyl (C=O) groups excluding carboxylic acids is 1. The Labute approximate surface area is 116 Å². The lowest BCUT2D eigenvalue weighted by molar-refractivity contribution is -0.137. The Morgan fingerprint density at radius 2 is 2.00 bits per heavy atom. The minimum absolute atomic E-state index is 0.0608. The van der Waals surface area contributed by atoms with Gasteiger partial charge in [0.1, 0.15) is 0 Å². The fraction of sp³-hybridized carbons (Fsp3) is 0.462.